The molecule has 126 valence electrons. The largest absolute Gasteiger partial charge is 0.369 e. The summed E-state index contributed by atoms with van der Waals surface area (Å²) in [7, 11) is -4.09. The van der Waals surface area contributed by atoms with E-state index in [-0.39, 0.29) is 11.3 Å². The van der Waals surface area contributed by atoms with Crippen molar-refractivity contribution < 1.29 is 22.2 Å². The SMILES string of the molecule is CC(OS(=O)(=O)c1ccc(CC(N)=O)cc1)C(=O)c1ccccc1. The third kappa shape index (κ3) is 4.50. The molecule has 0 bridgehead atoms. The van der Waals surface area contributed by atoms with Gasteiger partial charge in [-0.2, -0.15) is 8.42 Å². The minimum Gasteiger partial charge on any atom is -0.369 e. The molecule has 2 N–H and O–H groups in total. The number of nitrogens with two attached hydrogens (primary N) is 1. The summed E-state index contributed by atoms with van der Waals surface area (Å²) in [5, 5.41) is 0. The van der Waals surface area contributed by atoms with Crippen molar-refractivity contribution in [3.63, 3.8) is 0 Å². The summed E-state index contributed by atoms with van der Waals surface area (Å²) in [5.41, 5.74) is 6.05. The standard InChI is InChI=1S/C17H17NO5S/c1-12(17(20)14-5-3-2-4-6-14)23-24(21,22)15-9-7-13(8-10-15)11-16(18)19/h2-10,12H,11H2,1H3,(H2,18,19). The van der Waals surface area contributed by atoms with Crippen molar-refractivity contribution in [2.75, 3.05) is 0 Å². The Labute approximate surface area is 140 Å². The number of Topliss-reactive ketones (excluding diaryl/α,β-unsaturated/α-hetero) is 1. The Hall–Kier alpha value is -2.51. The summed E-state index contributed by atoms with van der Waals surface area (Å²) < 4.78 is 29.5. The van der Waals surface area contributed by atoms with Crippen molar-refractivity contribution in [3.05, 3.63) is 65.7 Å². The van der Waals surface area contributed by atoms with Gasteiger partial charge in [-0.15, -0.1) is 0 Å². The number of rotatable bonds is 7. The van der Waals surface area contributed by atoms with Crippen LogP contribution in [0.4, 0.5) is 0 Å². The fourth-order valence-corrected chi connectivity index (χ4v) is 3.15. The molecule has 7 heteroatoms. The van der Waals surface area contributed by atoms with E-state index in [2.05, 4.69) is 0 Å². The molecule has 0 fully saturated rings. The van der Waals surface area contributed by atoms with Gasteiger partial charge in [0.25, 0.3) is 10.1 Å². The minimum atomic E-state index is -4.09. The van der Waals surface area contributed by atoms with Gasteiger partial charge in [-0.25, -0.2) is 0 Å². The number of amides is 1. The Morgan fingerprint density at radius 1 is 1.04 bits per heavy atom. The quantitative estimate of drug-likeness (QED) is 0.606. The smallest absolute Gasteiger partial charge is 0.297 e. The Balaban J connectivity index is 2.13. The second-order valence-corrected chi connectivity index (χ2v) is 6.78. The van der Waals surface area contributed by atoms with Crippen LogP contribution in [0.2, 0.25) is 0 Å². The fraction of sp³-hybridized carbons (Fsp3) is 0.176. The van der Waals surface area contributed by atoms with Crippen molar-refractivity contribution in [1.29, 1.82) is 0 Å². The molecule has 0 saturated carbocycles. The van der Waals surface area contributed by atoms with Crippen LogP contribution in [-0.2, 0) is 25.5 Å². The van der Waals surface area contributed by atoms with Crippen molar-refractivity contribution in [2.45, 2.75) is 24.3 Å². The average Bonchev–Trinajstić information content (AvgIpc) is 2.54. The van der Waals surface area contributed by atoms with Crippen molar-refractivity contribution in [3.8, 4) is 0 Å². The zero-order valence-corrected chi connectivity index (χ0v) is 13.8. The summed E-state index contributed by atoms with van der Waals surface area (Å²) in [5.74, 6) is -0.937. The predicted molar refractivity (Wildman–Crippen MR) is 87.8 cm³/mol. The van der Waals surface area contributed by atoms with E-state index in [4.69, 9.17) is 9.92 Å². The highest BCUT2D eigenvalue weighted by Gasteiger charge is 2.24. The maximum atomic E-state index is 12.2. The molecule has 0 aliphatic heterocycles. The van der Waals surface area contributed by atoms with Gasteiger partial charge in [0.05, 0.1) is 11.3 Å². The number of benzene rings is 2. The van der Waals surface area contributed by atoms with Crippen LogP contribution in [0, 0.1) is 0 Å². The van der Waals surface area contributed by atoms with E-state index in [1.807, 2.05) is 0 Å². The third-order valence-electron chi connectivity index (χ3n) is 3.29. The number of ketones is 1. The molecule has 1 unspecified atom stereocenters. The van der Waals surface area contributed by atoms with Gasteiger partial charge >= 0.3 is 0 Å². The molecule has 0 radical (unpaired) electrons. The van der Waals surface area contributed by atoms with Crippen LogP contribution < -0.4 is 5.73 Å². The zero-order chi connectivity index (χ0) is 17.7. The summed E-state index contributed by atoms with van der Waals surface area (Å²) in [6.07, 6.45) is -1.13. The summed E-state index contributed by atoms with van der Waals surface area (Å²) in [4.78, 5) is 22.9. The molecule has 2 aromatic carbocycles. The molecule has 6 nitrogen and oxygen atoms in total. The van der Waals surface area contributed by atoms with Crippen molar-refractivity contribution in [2.24, 2.45) is 5.73 Å². The first-order valence-electron chi connectivity index (χ1n) is 7.19. The molecular weight excluding hydrogens is 330 g/mol. The Kier molecular flexibility index (Phi) is 5.48. The van der Waals surface area contributed by atoms with Crippen LogP contribution in [0.15, 0.2) is 59.5 Å². The normalized spacial score (nSPS) is 12.5. The van der Waals surface area contributed by atoms with E-state index in [0.29, 0.717) is 11.1 Å². The molecule has 2 aromatic rings. The molecule has 0 aliphatic carbocycles. The molecule has 1 amide bonds. The predicted octanol–water partition coefficient (Wildman–Crippen LogP) is 1.69. The van der Waals surface area contributed by atoms with E-state index in [9.17, 15) is 18.0 Å². The highest BCUT2D eigenvalue weighted by atomic mass is 32.2. The molecule has 0 saturated heterocycles. The number of hydrogen-bond acceptors (Lipinski definition) is 5. The van der Waals surface area contributed by atoms with Gasteiger partial charge in [0.15, 0.2) is 5.78 Å². The number of primary amides is 1. The zero-order valence-electron chi connectivity index (χ0n) is 13.0. The van der Waals surface area contributed by atoms with Crippen molar-refractivity contribution in [1.82, 2.24) is 0 Å². The first kappa shape index (κ1) is 17.8. The molecule has 0 aromatic heterocycles. The minimum absolute atomic E-state index is 0.0179. The molecule has 24 heavy (non-hydrogen) atoms. The third-order valence-corrected chi connectivity index (χ3v) is 4.68. The van der Waals surface area contributed by atoms with Gasteiger partial charge in [0.1, 0.15) is 6.10 Å². The van der Waals surface area contributed by atoms with Gasteiger partial charge in [0, 0.05) is 5.56 Å². The molecule has 0 heterocycles. The molecule has 0 aliphatic rings. The van der Waals surface area contributed by atoms with Gasteiger partial charge in [-0.1, -0.05) is 42.5 Å². The molecule has 2 rings (SSSR count). The second kappa shape index (κ2) is 7.37. The van der Waals surface area contributed by atoms with E-state index < -0.39 is 27.9 Å². The maximum absolute atomic E-state index is 12.2. The van der Waals surface area contributed by atoms with Crippen LogP contribution in [0.25, 0.3) is 0 Å². The lowest BCUT2D eigenvalue weighted by molar-refractivity contribution is -0.117. The Morgan fingerprint density at radius 3 is 2.17 bits per heavy atom. The first-order chi connectivity index (χ1) is 11.3. The molecule has 0 spiro atoms. The summed E-state index contributed by atoms with van der Waals surface area (Å²) in [6.45, 7) is 1.38. The van der Waals surface area contributed by atoms with E-state index in [1.165, 1.54) is 31.2 Å². The molecule has 1 atom stereocenters. The van der Waals surface area contributed by atoms with E-state index in [0.717, 1.165) is 0 Å². The Morgan fingerprint density at radius 2 is 1.62 bits per heavy atom. The lowest BCUT2D eigenvalue weighted by Gasteiger charge is -2.12. The molecular formula is C17H17NO5S. The summed E-state index contributed by atoms with van der Waals surface area (Å²) in [6, 6.07) is 13.9. The average molecular weight is 347 g/mol. The van der Waals surface area contributed by atoms with Gasteiger partial charge < -0.3 is 5.73 Å². The summed E-state index contributed by atoms with van der Waals surface area (Å²) >= 11 is 0. The lowest BCUT2D eigenvalue weighted by atomic mass is 10.1. The number of hydrogen-bond donors (Lipinski definition) is 1. The van der Waals surface area contributed by atoms with Crippen LogP contribution in [-0.4, -0.2) is 26.2 Å². The lowest BCUT2D eigenvalue weighted by Crippen LogP contribution is -2.24. The van der Waals surface area contributed by atoms with Crippen LogP contribution in [0.5, 0.6) is 0 Å². The van der Waals surface area contributed by atoms with E-state index >= 15 is 0 Å². The van der Waals surface area contributed by atoms with Crippen LogP contribution in [0.1, 0.15) is 22.8 Å². The maximum Gasteiger partial charge on any atom is 0.297 e. The van der Waals surface area contributed by atoms with Gasteiger partial charge in [-0.05, 0) is 24.6 Å². The first-order valence-corrected chi connectivity index (χ1v) is 8.60. The topological polar surface area (TPSA) is 104 Å². The highest BCUT2D eigenvalue weighted by Crippen LogP contribution is 2.17. The monoisotopic (exact) mass is 347 g/mol. The van der Waals surface area contributed by atoms with Crippen molar-refractivity contribution >= 4 is 21.8 Å². The van der Waals surface area contributed by atoms with Gasteiger partial charge in [-0.3, -0.25) is 13.8 Å². The van der Waals surface area contributed by atoms with Crippen LogP contribution in [0.3, 0.4) is 0 Å². The number of carbonyl (C=O) groups is 2. The second-order valence-electron chi connectivity index (χ2n) is 5.21. The van der Waals surface area contributed by atoms with Gasteiger partial charge in [0.2, 0.25) is 5.91 Å². The van der Waals surface area contributed by atoms with E-state index in [1.54, 1.807) is 30.3 Å². The highest BCUT2D eigenvalue weighted by molar-refractivity contribution is 7.86. The van der Waals surface area contributed by atoms with Crippen LogP contribution >= 0.6 is 0 Å². The number of carbonyl (C=O) groups excluding carboxylic acids is 2. The fourth-order valence-electron chi connectivity index (χ4n) is 2.10. The Bertz CT molecular complexity index is 829.